The van der Waals surface area contributed by atoms with Crippen LogP contribution in [-0.4, -0.2) is 36.5 Å². The van der Waals surface area contributed by atoms with Gasteiger partial charge in [-0.25, -0.2) is 4.79 Å². The largest absolute Gasteiger partial charge is 0.478 e. The van der Waals surface area contributed by atoms with E-state index in [1.165, 1.54) is 10.9 Å². The summed E-state index contributed by atoms with van der Waals surface area (Å²) < 4.78 is 4.51. The molecule has 0 saturated heterocycles. The Kier molecular flexibility index (Phi) is 5.23. The second-order valence-corrected chi connectivity index (χ2v) is 7.24. The topological polar surface area (TPSA) is 102 Å². The van der Waals surface area contributed by atoms with Gasteiger partial charge in [0.05, 0.1) is 11.0 Å². The molecule has 0 saturated carbocycles. The van der Waals surface area contributed by atoms with Crippen molar-refractivity contribution in [3.63, 3.8) is 0 Å². The zero-order chi connectivity index (χ0) is 18.8. The number of carboxylic acid groups (broad SMARTS) is 1. The molecular formula is C16H13Br2N5O3. The van der Waals surface area contributed by atoms with E-state index in [0.29, 0.717) is 11.0 Å². The number of hydrogen-bond acceptors (Lipinski definition) is 4. The van der Waals surface area contributed by atoms with Crippen LogP contribution >= 0.6 is 31.9 Å². The fourth-order valence-electron chi connectivity index (χ4n) is 2.32. The van der Waals surface area contributed by atoms with Crippen LogP contribution in [0, 0.1) is 0 Å². The van der Waals surface area contributed by atoms with Crippen molar-refractivity contribution >= 4 is 49.6 Å². The van der Waals surface area contributed by atoms with Crippen LogP contribution in [0.25, 0.3) is 0 Å². The first-order valence-electron chi connectivity index (χ1n) is 7.39. The van der Waals surface area contributed by atoms with E-state index in [-0.39, 0.29) is 17.1 Å². The third-order valence-electron chi connectivity index (χ3n) is 3.48. The first-order chi connectivity index (χ1) is 12.3. The molecule has 134 valence electrons. The number of halogens is 2. The summed E-state index contributed by atoms with van der Waals surface area (Å²) in [4.78, 5) is 23.6. The Labute approximate surface area is 165 Å². The van der Waals surface area contributed by atoms with Crippen molar-refractivity contribution in [3.05, 3.63) is 62.4 Å². The summed E-state index contributed by atoms with van der Waals surface area (Å²) in [6, 6.07) is 7.80. The smallest absolute Gasteiger partial charge is 0.339 e. The molecule has 0 bridgehead atoms. The van der Waals surface area contributed by atoms with E-state index in [2.05, 4.69) is 47.4 Å². The highest BCUT2D eigenvalue weighted by Gasteiger charge is 2.22. The van der Waals surface area contributed by atoms with Gasteiger partial charge in [0.25, 0.3) is 5.91 Å². The van der Waals surface area contributed by atoms with Gasteiger partial charge in [0.2, 0.25) is 0 Å². The van der Waals surface area contributed by atoms with E-state index in [0.717, 1.165) is 10.0 Å². The van der Waals surface area contributed by atoms with Crippen LogP contribution in [-0.2, 0) is 13.6 Å². The number of aryl methyl sites for hydroxylation is 1. The first-order valence-corrected chi connectivity index (χ1v) is 8.98. The van der Waals surface area contributed by atoms with Gasteiger partial charge in [-0.1, -0.05) is 28.1 Å². The van der Waals surface area contributed by atoms with Crippen LogP contribution in [0.3, 0.4) is 0 Å². The molecule has 0 aliphatic rings. The van der Waals surface area contributed by atoms with Crippen LogP contribution in [0.5, 0.6) is 0 Å². The standard InChI is InChI=1S/C16H13Br2N5O3/c1-22-7-11(16(25)26)13(20-22)15(24)19-14-12(18)8-23(21-14)6-9-2-4-10(17)5-3-9/h2-5,7-8H,6H2,1H3,(H,25,26)(H,19,21,24). The lowest BCUT2D eigenvalue weighted by Gasteiger charge is -2.03. The minimum atomic E-state index is -1.22. The molecule has 0 aliphatic heterocycles. The molecule has 0 fully saturated rings. The Hall–Kier alpha value is -2.46. The van der Waals surface area contributed by atoms with E-state index in [1.54, 1.807) is 17.9 Å². The molecule has 8 nitrogen and oxygen atoms in total. The monoisotopic (exact) mass is 481 g/mol. The van der Waals surface area contributed by atoms with Gasteiger partial charge in [0.1, 0.15) is 5.56 Å². The maximum absolute atomic E-state index is 12.4. The summed E-state index contributed by atoms with van der Waals surface area (Å²) in [5.74, 6) is -1.57. The fraction of sp³-hybridized carbons (Fsp3) is 0.125. The lowest BCUT2D eigenvalue weighted by molar-refractivity contribution is 0.0692. The number of amides is 1. The molecule has 26 heavy (non-hydrogen) atoms. The molecule has 0 spiro atoms. The van der Waals surface area contributed by atoms with Gasteiger partial charge in [0, 0.05) is 23.9 Å². The maximum Gasteiger partial charge on any atom is 0.339 e. The number of rotatable bonds is 5. The van der Waals surface area contributed by atoms with Crippen molar-refractivity contribution < 1.29 is 14.7 Å². The summed E-state index contributed by atoms with van der Waals surface area (Å²) in [5.41, 5.74) is 0.698. The Bertz CT molecular complexity index is 978. The molecule has 2 heterocycles. The van der Waals surface area contributed by atoms with Crippen LogP contribution in [0.4, 0.5) is 5.82 Å². The molecule has 2 aromatic heterocycles. The van der Waals surface area contributed by atoms with Crippen molar-refractivity contribution in [1.82, 2.24) is 19.6 Å². The van der Waals surface area contributed by atoms with Gasteiger partial charge >= 0.3 is 5.97 Å². The van der Waals surface area contributed by atoms with Crippen molar-refractivity contribution in [2.75, 3.05) is 5.32 Å². The van der Waals surface area contributed by atoms with Gasteiger partial charge < -0.3 is 10.4 Å². The molecule has 10 heteroatoms. The molecule has 3 rings (SSSR count). The Morgan fingerprint density at radius 3 is 2.50 bits per heavy atom. The molecule has 0 aliphatic carbocycles. The molecule has 0 atom stereocenters. The summed E-state index contributed by atoms with van der Waals surface area (Å²) in [6.45, 7) is 0.520. The number of carbonyl (C=O) groups is 2. The van der Waals surface area contributed by atoms with E-state index in [4.69, 9.17) is 0 Å². The van der Waals surface area contributed by atoms with Gasteiger partial charge in [-0.3, -0.25) is 14.2 Å². The first kappa shape index (κ1) is 18.3. The van der Waals surface area contributed by atoms with E-state index in [9.17, 15) is 14.7 Å². The molecular weight excluding hydrogens is 470 g/mol. The average Bonchev–Trinajstić information content (AvgIpc) is 3.13. The van der Waals surface area contributed by atoms with E-state index >= 15 is 0 Å². The Morgan fingerprint density at radius 1 is 1.15 bits per heavy atom. The van der Waals surface area contributed by atoms with Crippen molar-refractivity contribution in [2.45, 2.75) is 6.54 Å². The number of aromatic nitrogens is 4. The summed E-state index contributed by atoms with van der Waals surface area (Å²) in [6.07, 6.45) is 3.01. The van der Waals surface area contributed by atoms with E-state index in [1.807, 2.05) is 24.3 Å². The highest BCUT2D eigenvalue weighted by atomic mass is 79.9. The lowest BCUT2D eigenvalue weighted by Crippen LogP contribution is -2.17. The summed E-state index contributed by atoms with van der Waals surface area (Å²) in [7, 11) is 1.55. The van der Waals surface area contributed by atoms with Crippen LogP contribution in [0.1, 0.15) is 26.4 Å². The summed E-state index contributed by atoms with van der Waals surface area (Å²) >= 11 is 6.74. The predicted molar refractivity (Wildman–Crippen MR) is 101 cm³/mol. The zero-order valence-electron chi connectivity index (χ0n) is 13.5. The van der Waals surface area contributed by atoms with Crippen LogP contribution in [0.15, 0.2) is 45.6 Å². The second kappa shape index (κ2) is 7.42. The number of carboxylic acids is 1. The highest BCUT2D eigenvalue weighted by Crippen LogP contribution is 2.22. The lowest BCUT2D eigenvalue weighted by atomic mass is 10.2. The fourth-order valence-corrected chi connectivity index (χ4v) is 3.00. The quantitative estimate of drug-likeness (QED) is 0.581. The number of nitrogens with zero attached hydrogens (tertiary/aromatic N) is 4. The Balaban J connectivity index is 1.78. The van der Waals surface area contributed by atoms with Crippen LogP contribution in [0.2, 0.25) is 0 Å². The van der Waals surface area contributed by atoms with Gasteiger partial charge in [-0.15, -0.1) is 0 Å². The number of anilines is 1. The van der Waals surface area contributed by atoms with Gasteiger partial charge in [-0.2, -0.15) is 10.2 Å². The molecule has 1 aromatic carbocycles. The number of benzene rings is 1. The van der Waals surface area contributed by atoms with E-state index < -0.39 is 11.9 Å². The predicted octanol–water partition coefficient (Wildman–Crippen LogP) is 3.14. The molecule has 0 unspecified atom stereocenters. The molecule has 3 aromatic rings. The third-order valence-corrected chi connectivity index (χ3v) is 4.59. The van der Waals surface area contributed by atoms with Crippen molar-refractivity contribution in [1.29, 1.82) is 0 Å². The SMILES string of the molecule is Cn1cc(C(=O)O)c(C(=O)Nc2nn(Cc3ccc(Br)cc3)cc2Br)n1. The normalized spacial score (nSPS) is 10.7. The minimum Gasteiger partial charge on any atom is -0.478 e. The number of nitrogens with one attached hydrogen (secondary N) is 1. The molecule has 2 N–H and O–H groups in total. The second-order valence-electron chi connectivity index (χ2n) is 5.47. The average molecular weight is 483 g/mol. The van der Waals surface area contributed by atoms with Gasteiger partial charge in [0.15, 0.2) is 11.5 Å². The third kappa shape index (κ3) is 4.02. The summed E-state index contributed by atoms with van der Waals surface area (Å²) in [5, 5.41) is 20.0. The number of aromatic carboxylic acids is 1. The van der Waals surface area contributed by atoms with Crippen molar-refractivity contribution in [3.8, 4) is 0 Å². The number of carbonyl (C=O) groups excluding carboxylic acids is 1. The van der Waals surface area contributed by atoms with Crippen LogP contribution < -0.4 is 5.32 Å². The van der Waals surface area contributed by atoms with Crippen molar-refractivity contribution in [2.24, 2.45) is 7.05 Å². The Morgan fingerprint density at radius 2 is 1.85 bits per heavy atom. The number of hydrogen-bond donors (Lipinski definition) is 2. The maximum atomic E-state index is 12.4. The molecule has 0 radical (unpaired) electrons. The zero-order valence-corrected chi connectivity index (χ0v) is 16.7. The van der Waals surface area contributed by atoms with Gasteiger partial charge in [-0.05, 0) is 33.6 Å². The molecule has 1 amide bonds. The minimum absolute atomic E-state index is 0.171. The highest BCUT2D eigenvalue weighted by molar-refractivity contribution is 9.10.